The highest BCUT2D eigenvalue weighted by molar-refractivity contribution is 6.10. The Morgan fingerprint density at radius 3 is 2.06 bits per heavy atom. The van der Waals surface area contributed by atoms with Crippen LogP contribution in [0, 0.1) is 26.7 Å². The Kier molecular flexibility index (Phi) is 7.02. The van der Waals surface area contributed by atoms with Crippen molar-refractivity contribution in [2.45, 2.75) is 58.9 Å². The van der Waals surface area contributed by atoms with Crippen molar-refractivity contribution in [3.8, 4) is 0 Å². The van der Waals surface area contributed by atoms with Crippen LogP contribution in [0.3, 0.4) is 0 Å². The lowest BCUT2D eigenvalue weighted by Crippen LogP contribution is -2.56. The van der Waals surface area contributed by atoms with E-state index >= 15 is 0 Å². The van der Waals surface area contributed by atoms with Gasteiger partial charge in [0.2, 0.25) is 0 Å². The van der Waals surface area contributed by atoms with Crippen LogP contribution in [-0.4, -0.2) is 28.6 Å². The van der Waals surface area contributed by atoms with E-state index in [1.54, 1.807) is 19.1 Å². The van der Waals surface area contributed by atoms with Gasteiger partial charge in [0, 0.05) is 5.69 Å². The van der Waals surface area contributed by atoms with E-state index in [4.69, 9.17) is 0 Å². The predicted octanol–water partition coefficient (Wildman–Crippen LogP) is 6.17. The van der Waals surface area contributed by atoms with Crippen LogP contribution < -0.4 is 16.0 Å². The fourth-order valence-corrected chi connectivity index (χ4v) is 5.31. The molecule has 1 aliphatic rings. The fourth-order valence-electron chi connectivity index (χ4n) is 5.31. The monoisotopic (exact) mass is 487 g/mol. The summed E-state index contributed by atoms with van der Waals surface area (Å²) in [6, 6.07) is 14.5. The molecule has 0 unspecified atom stereocenters. The minimum absolute atomic E-state index is 0.147. The summed E-state index contributed by atoms with van der Waals surface area (Å²) in [5, 5.41) is 20.2. The molecule has 1 atom stereocenters. The van der Waals surface area contributed by atoms with Crippen molar-refractivity contribution in [3.63, 3.8) is 0 Å². The molecule has 0 aromatic heterocycles. The van der Waals surface area contributed by atoms with Gasteiger partial charge in [-0.3, -0.25) is 4.79 Å². The van der Waals surface area contributed by atoms with Crippen molar-refractivity contribution >= 4 is 40.1 Å². The fraction of sp³-hybridized carbons (Fsp3) is 0.345. The van der Waals surface area contributed by atoms with Crippen LogP contribution in [0.4, 0.5) is 16.2 Å². The number of rotatable bonds is 6. The molecule has 0 heterocycles. The van der Waals surface area contributed by atoms with Crippen molar-refractivity contribution in [2.24, 2.45) is 5.92 Å². The number of aryl methyl sites for hydroxylation is 3. The number of carbonyl (C=O) groups excluding carboxylic acids is 2. The molecule has 3 aromatic carbocycles. The number of hydrogen-bond donors (Lipinski definition) is 4. The van der Waals surface area contributed by atoms with Gasteiger partial charge in [0.05, 0.1) is 11.3 Å². The SMILES string of the molecule is Cc1cc(C)c(NC(=O)Nc2cc3ccccc3cc2C(=O)N[C@](C)(C(=O)O)C2CCCC2)c(C)c1. The van der Waals surface area contributed by atoms with E-state index in [1.807, 2.05) is 57.2 Å². The molecular weight excluding hydrogens is 454 g/mol. The van der Waals surface area contributed by atoms with Gasteiger partial charge >= 0.3 is 12.0 Å². The van der Waals surface area contributed by atoms with Crippen molar-refractivity contribution < 1.29 is 19.5 Å². The van der Waals surface area contributed by atoms with Crippen LogP contribution in [0.5, 0.6) is 0 Å². The molecule has 36 heavy (non-hydrogen) atoms. The number of carbonyl (C=O) groups is 3. The quantitative estimate of drug-likeness (QED) is 0.333. The Morgan fingerprint density at radius 2 is 1.47 bits per heavy atom. The third-order valence-corrected chi connectivity index (χ3v) is 7.28. The zero-order chi connectivity index (χ0) is 26.0. The number of hydrogen-bond acceptors (Lipinski definition) is 3. The second kappa shape index (κ2) is 10.0. The molecule has 1 saturated carbocycles. The standard InChI is InChI=1S/C29H33N3O4/c1-17-13-18(2)25(19(3)14-17)31-28(36)30-24-16-21-10-6-5-9-20(21)15-23(24)26(33)32-29(4,27(34)35)22-11-7-8-12-22/h5-6,9-10,13-16,22H,7-8,11-12H2,1-4H3,(H,32,33)(H,34,35)(H2,30,31,36)/t29-/m0/s1. The third kappa shape index (κ3) is 5.05. The lowest BCUT2D eigenvalue weighted by atomic mass is 9.84. The van der Waals surface area contributed by atoms with Crippen molar-refractivity contribution in [3.05, 3.63) is 70.8 Å². The largest absolute Gasteiger partial charge is 0.480 e. The summed E-state index contributed by atoms with van der Waals surface area (Å²) in [5.74, 6) is -1.73. The second-order valence-corrected chi connectivity index (χ2v) is 10.0. The number of benzene rings is 3. The molecule has 4 N–H and O–H groups in total. The van der Waals surface area contributed by atoms with Gasteiger partial charge in [0.1, 0.15) is 5.54 Å². The van der Waals surface area contributed by atoms with Crippen LogP contribution in [-0.2, 0) is 4.79 Å². The van der Waals surface area contributed by atoms with E-state index in [1.165, 1.54) is 0 Å². The Hall–Kier alpha value is -3.87. The zero-order valence-corrected chi connectivity index (χ0v) is 21.2. The maximum Gasteiger partial charge on any atom is 0.329 e. The van der Waals surface area contributed by atoms with E-state index in [0.717, 1.165) is 53.1 Å². The number of urea groups is 1. The first-order chi connectivity index (χ1) is 17.1. The summed E-state index contributed by atoms with van der Waals surface area (Å²) in [5.41, 5.74) is 2.82. The van der Waals surface area contributed by atoms with Gasteiger partial charge in [0.15, 0.2) is 0 Å². The summed E-state index contributed by atoms with van der Waals surface area (Å²) in [6.45, 7) is 7.44. The number of nitrogens with one attached hydrogen (secondary N) is 3. The third-order valence-electron chi connectivity index (χ3n) is 7.28. The van der Waals surface area contributed by atoms with Crippen LogP contribution in [0.2, 0.25) is 0 Å². The van der Waals surface area contributed by atoms with Gasteiger partial charge in [-0.1, -0.05) is 54.8 Å². The van der Waals surface area contributed by atoms with Crippen molar-refractivity contribution in [1.82, 2.24) is 5.32 Å². The molecular formula is C29H33N3O4. The zero-order valence-electron chi connectivity index (χ0n) is 21.2. The predicted molar refractivity (Wildman–Crippen MR) is 143 cm³/mol. The molecule has 188 valence electrons. The highest BCUT2D eigenvalue weighted by atomic mass is 16.4. The minimum Gasteiger partial charge on any atom is -0.480 e. The normalized spacial score (nSPS) is 15.3. The average Bonchev–Trinajstić information content (AvgIpc) is 3.36. The van der Waals surface area contributed by atoms with Gasteiger partial charge in [-0.05, 0) is 80.5 Å². The molecule has 1 fully saturated rings. The number of fused-ring (bicyclic) bond motifs is 1. The molecule has 4 rings (SSSR count). The minimum atomic E-state index is -1.39. The second-order valence-electron chi connectivity index (χ2n) is 10.0. The van der Waals surface area contributed by atoms with Crippen LogP contribution in [0.15, 0.2) is 48.5 Å². The first kappa shape index (κ1) is 25.2. The first-order valence-corrected chi connectivity index (χ1v) is 12.3. The van der Waals surface area contributed by atoms with Crippen LogP contribution >= 0.6 is 0 Å². The average molecular weight is 488 g/mol. The maximum absolute atomic E-state index is 13.5. The number of anilines is 2. The molecule has 7 heteroatoms. The molecule has 7 nitrogen and oxygen atoms in total. The van der Waals surface area contributed by atoms with Gasteiger partial charge in [0.25, 0.3) is 5.91 Å². The molecule has 3 amide bonds. The van der Waals surface area contributed by atoms with E-state index < -0.39 is 23.4 Å². The summed E-state index contributed by atoms with van der Waals surface area (Å²) in [7, 11) is 0. The summed E-state index contributed by atoms with van der Waals surface area (Å²) >= 11 is 0. The molecule has 3 aromatic rings. The van der Waals surface area contributed by atoms with E-state index in [-0.39, 0.29) is 11.5 Å². The smallest absolute Gasteiger partial charge is 0.329 e. The topological polar surface area (TPSA) is 108 Å². The summed E-state index contributed by atoms with van der Waals surface area (Å²) < 4.78 is 0. The Morgan fingerprint density at radius 1 is 0.889 bits per heavy atom. The van der Waals surface area contributed by atoms with E-state index in [0.29, 0.717) is 11.4 Å². The lowest BCUT2D eigenvalue weighted by molar-refractivity contribution is -0.146. The molecule has 1 aliphatic carbocycles. The van der Waals surface area contributed by atoms with Gasteiger partial charge in [-0.25, -0.2) is 9.59 Å². The first-order valence-electron chi connectivity index (χ1n) is 12.3. The number of amides is 3. The molecule has 0 spiro atoms. The van der Waals surface area contributed by atoms with Crippen LogP contribution in [0.1, 0.15) is 59.7 Å². The summed E-state index contributed by atoms with van der Waals surface area (Å²) in [4.78, 5) is 38.8. The van der Waals surface area contributed by atoms with Gasteiger partial charge in [-0.15, -0.1) is 0 Å². The Balaban J connectivity index is 1.67. The maximum atomic E-state index is 13.5. The van der Waals surface area contributed by atoms with Gasteiger partial charge < -0.3 is 21.1 Å². The summed E-state index contributed by atoms with van der Waals surface area (Å²) in [6.07, 6.45) is 3.40. The molecule has 0 aliphatic heterocycles. The number of aliphatic carboxylic acids is 1. The Bertz CT molecular complexity index is 1320. The number of carboxylic acid groups (broad SMARTS) is 1. The van der Waals surface area contributed by atoms with E-state index in [9.17, 15) is 19.5 Å². The molecule has 0 bridgehead atoms. The highest BCUT2D eigenvalue weighted by Crippen LogP contribution is 2.35. The van der Waals surface area contributed by atoms with Gasteiger partial charge in [-0.2, -0.15) is 0 Å². The van der Waals surface area contributed by atoms with Crippen LogP contribution in [0.25, 0.3) is 10.8 Å². The van der Waals surface area contributed by atoms with Crippen molar-refractivity contribution in [1.29, 1.82) is 0 Å². The number of carboxylic acids is 1. The van der Waals surface area contributed by atoms with Crippen molar-refractivity contribution in [2.75, 3.05) is 10.6 Å². The lowest BCUT2D eigenvalue weighted by Gasteiger charge is -2.32. The van der Waals surface area contributed by atoms with E-state index in [2.05, 4.69) is 16.0 Å². The molecule has 0 radical (unpaired) electrons. The Labute approximate surface area is 211 Å². The highest BCUT2D eigenvalue weighted by Gasteiger charge is 2.44. The molecule has 0 saturated heterocycles.